The van der Waals surface area contributed by atoms with E-state index in [9.17, 15) is 4.79 Å². The summed E-state index contributed by atoms with van der Waals surface area (Å²) in [5, 5.41) is 0. The number of nitrogens with zero attached hydrogens (tertiary/aromatic N) is 4. The fourth-order valence-corrected chi connectivity index (χ4v) is 3.63. The summed E-state index contributed by atoms with van der Waals surface area (Å²) in [5.74, 6) is 0.721. The Morgan fingerprint density at radius 1 is 0.929 bits per heavy atom. The van der Waals surface area contributed by atoms with Crippen molar-refractivity contribution in [3.63, 3.8) is 0 Å². The molecule has 0 spiro atoms. The molecule has 0 saturated heterocycles. The van der Waals surface area contributed by atoms with E-state index in [0.717, 1.165) is 23.9 Å². The standard InChI is InChI=1S/C23H26N4O/c1-16-8-10-20(11-9-16)13-25-14-26(21-7-5-6-17(2)12-21)23-24-19(4)18(3)22(28)27(23)15-25/h5-12H,13-15H2,1-4H3. The van der Waals surface area contributed by atoms with Crippen LogP contribution in [-0.4, -0.2) is 21.1 Å². The van der Waals surface area contributed by atoms with E-state index < -0.39 is 0 Å². The van der Waals surface area contributed by atoms with Crippen molar-refractivity contribution in [3.8, 4) is 0 Å². The van der Waals surface area contributed by atoms with Crippen molar-refractivity contribution in [3.05, 3.63) is 86.8 Å². The van der Waals surface area contributed by atoms with Gasteiger partial charge in [-0.15, -0.1) is 0 Å². The van der Waals surface area contributed by atoms with Crippen LogP contribution in [0, 0.1) is 27.7 Å². The molecule has 1 aliphatic heterocycles. The third kappa shape index (κ3) is 3.45. The molecule has 0 aliphatic carbocycles. The molecular weight excluding hydrogens is 348 g/mol. The number of hydrogen-bond donors (Lipinski definition) is 0. The SMILES string of the molecule is Cc1ccc(CN2CN(c3cccc(C)c3)c3nc(C)c(C)c(=O)n3C2)cc1. The topological polar surface area (TPSA) is 41.4 Å². The molecule has 5 heteroatoms. The number of fused-ring (bicyclic) bond motifs is 1. The van der Waals surface area contributed by atoms with Crippen LogP contribution < -0.4 is 10.5 Å². The van der Waals surface area contributed by atoms with Gasteiger partial charge in [-0.25, -0.2) is 4.98 Å². The Hall–Kier alpha value is -2.92. The summed E-state index contributed by atoms with van der Waals surface area (Å²) >= 11 is 0. The Morgan fingerprint density at radius 2 is 1.68 bits per heavy atom. The smallest absolute Gasteiger partial charge is 0.259 e. The van der Waals surface area contributed by atoms with Crippen molar-refractivity contribution in [2.24, 2.45) is 0 Å². The molecule has 0 radical (unpaired) electrons. The summed E-state index contributed by atoms with van der Waals surface area (Å²) < 4.78 is 1.79. The molecule has 4 rings (SSSR count). The Morgan fingerprint density at radius 3 is 2.39 bits per heavy atom. The minimum atomic E-state index is 0.0359. The van der Waals surface area contributed by atoms with Gasteiger partial charge in [0.15, 0.2) is 0 Å². The molecule has 3 aromatic rings. The zero-order chi connectivity index (χ0) is 19.8. The van der Waals surface area contributed by atoms with E-state index in [1.54, 1.807) is 4.57 Å². The van der Waals surface area contributed by atoms with Crippen molar-refractivity contribution in [2.75, 3.05) is 11.6 Å². The number of anilines is 2. The highest BCUT2D eigenvalue weighted by atomic mass is 16.1. The summed E-state index contributed by atoms with van der Waals surface area (Å²) in [7, 11) is 0. The molecule has 0 N–H and O–H groups in total. The highest BCUT2D eigenvalue weighted by Gasteiger charge is 2.27. The van der Waals surface area contributed by atoms with Crippen LogP contribution >= 0.6 is 0 Å². The maximum Gasteiger partial charge on any atom is 0.259 e. The van der Waals surface area contributed by atoms with Gasteiger partial charge in [-0.1, -0.05) is 42.0 Å². The molecule has 5 nitrogen and oxygen atoms in total. The van der Waals surface area contributed by atoms with Gasteiger partial charge in [-0.05, 0) is 51.0 Å². The molecule has 0 atom stereocenters. The van der Waals surface area contributed by atoms with E-state index in [4.69, 9.17) is 4.98 Å². The molecule has 144 valence electrons. The Labute approximate surface area is 165 Å². The van der Waals surface area contributed by atoms with Crippen molar-refractivity contribution in [1.29, 1.82) is 0 Å². The number of aryl methyl sites for hydroxylation is 3. The van der Waals surface area contributed by atoms with Crippen molar-refractivity contribution >= 4 is 11.6 Å². The van der Waals surface area contributed by atoms with Crippen LogP contribution in [0.3, 0.4) is 0 Å². The van der Waals surface area contributed by atoms with Crippen LogP contribution in [0.1, 0.15) is 27.9 Å². The summed E-state index contributed by atoms with van der Waals surface area (Å²) in [5.41, 5.74) is 6.27. The van der Waals surface area contributed by atoms with Gasteiger partial charge in [-0.3, -0.25) is 19.2 Å². The number of benzene rings is 2. The summed E-state index contributed by atoms with van der Waals surface area (Å²) in [6.45, 7) is 9.94. The van der Waals surface area contributed by atoms with Crippen LogP contribution in [0.4, 0.5) is 11.6 Å². The average Bonchev–Trinajstić information content (AvgIpc) is 2.68. The van der Waals surface area contributed by atoms with Gasteiger partial charge < -0.3 is 0 Å². The second kappa shape index (κ2) is 7.24. The van der Waals surface area contributed by atoms with Gasteiger partial charge >= 0.3 is 0 Å². The average molecular weight is 374 g/mol. The lowest BCUT2D eigenvalue weighted by atomic mass is 10.1. The van der Waals surface area contributed by atoms with Crippen LogP contribution in [-0.2, 0) is 13.2 Å². The highest BCUT2D eigenvalue weighted by Crippen LogP contribution is 2.28. The molecule has 0 saturated carbocycles. The summed E-state index contributed by atoms with van der Waals surface area (Å²) in [4.78, 5) is 22.2. The number of aromatic nitrogens is 2. The maximum absolute atomic E-state index is 13.0. The second-order valence-corrected chi connectivity index (χ2v) is 7.72. The van der Waals surface area contributed by atoms with Gasteiger partial charge in [-0.2, -0.15) is 0 Å². The predicted molar refractivity (Wildman–Crippen MR) is 113 cm³/mol. The van der Waals surface area contributed by atoms with Crippen LogP contribution in [0.2, 0.25) is 0 Å². The Kier molecular flexibility index (Phi) is 4.77. The molecule has 28 heavy (non-hydrogen) atoms. The molecule has 0 bridgehead atoms. The largest absolute Gasteiger partial charge is 0.298 e. The highest BCUT2D eigenvalue weighted by molar-refractivity contribution is 5.59. The van der Waals surface area contributed by atoms with Crippen molar-refractivity contribution < 1.29 is 0 Å². The summed E-state index contributed by atoms with van der Waals surface area (Å²) in [6, 6.07) is 16.9. The quantitative estimate of drug-likeness (QED) is 0.694. The van der Waals surface area contributed by atoms with Gasteiger partial charge in [0.05, 0.1) is 13.3 Å². The second-order valence-electron chi connectivity index (χ2n) is 7.72. The first-order valence-corrected chi connectivity index (χ1v) is 9.62. The minimum Gasteiger partial charge on any atom is -0.298 e. The molecule has 1 aromatic heterocycles. The molecule has 0 fully saturated rings. The molecule has 0 unspecified atom stereocenters. The molecule has 1 aliphatic rings. The van der Waals surface area contributed by atoms with E-state index in [1.807, 2.05) is 19.9 Å². The van der Waals surface area contributed by atoms with E-state index in [-0.39, 0.29) is 5.56 Å². The Bertz CT molecular complexity index is 1070. The van der Waals surface area contributed by atoms with E-state index in [0.29, 0.717) is 18.9 Å². The van der Waals surface area contributed by atoms with Gasteiger partial charge in [0.25, 0.3) is 5.56 Å². The summed E-state index contributed by atoms with van der Waals surface area (Å²) in [6.07, 6.45) is 0. The van der Waals surface area contributed by atoms with Crippen LogP contribution in [0.15, 0.2) is 53.3 Å². The lowest BCUT2D eigenvalue weighted by molar-refractivity contribution is 0.190. The predicted octanol–water partition coefficient (Wildman–Crippen LogP) is 4.05. The molecule has 2 heterocycles. The third-order valence-corrected chi connectivity index (χ3v) is 5.38. The lowest BCUT2D eigenvalue weighted by Gasteiger charge is -2.38. The normalized spacial score (nSPS) is 14.2. The van der Waals surface area contributed by atoms with Crippen molar-refractivity contribution in [1.82, 2.24) is 14.5 Å². The van der Waals surface area contributed by atoms with Crippen LogP contribution in [0.5, 0.6) is 0 Å². The van der Waals surface area contributed by atoms with Gasteiger partial charge in [0.2, 0.25) is 5.95 Å². The molecular formula is C23H26N4O. The monoisotopic (exact) mass is 374 g/mol. The fourth-order valence-electron chi connectivity index (χ4n) is 3.63. The minimum absolute atomic E-state index is 0.0359. The Balaban J connectivity index is 1.77. The van der Waals surface area contributed by atoms with E-state index in [2.05, 4.69) is 66.1 Å². The molecule has 2 aromatic carbocycles. The number of rotatable bonds is 3. The van der Waals surface area contributed by atoms with Gasteiger partial charge in [0, 0.05) is 23.5 Å². The van der Waals surface area contributed by atoms with Gasteiger partial charge in [0.1, 0.15) is 0 Å². The molecule has 0 amide bonds. The van der Waals surface area contributed by atoms with Crippen LogP contribution in [0.25, 0.3) is 0 Å². The first-order chi connectivity index (χ1) is 13.4. The third-order valence-electron chi connectivity index (χ3n) is 5.38. The fraction of sp³-hybridized carbons (Fsp3) is 0.304. The lowest BCUT2D eigenvalue weighted by Crippen LogP contribution is -2.47. The number of hydrogen-bond acceptors (Lipinski definition) is 4. The first kappa shape index (κ1) is 18.4. The van der Waals surface area contributed by atoms with Crippen molar-refractivity contribution in [2.45, 2.75) is 40.9 Å². The van der Waals surface area contributed by atoms with E-state index >= 15 is 0 Å². The zero-order valence-electron chi connectivity index (χ0n) is 16.9. The zero-order valence-corrected chi connectivity index (χ0v) is 16.9. The maximum atomic E-state index is 13.0. The van der Waals surface area contributed by atoms with E-state index in [1.165, 1.54) is 16.7 Å². The first-order valence-electron chi connectivity index (χ1n) is 9.62.